The summed E-state index contributed by atoms with van der Waals surface area (Å²) in [5, 5.41) is 9.19. The average molecular weight is 184 g/mol. The summed E-state index contributed by atoms with van der Waals surface area (Å²) >= 11 is 0. The van der Waals surface area contributed by atoms with Gasteiger partial charge in [-0.3, -0.25) is 4.79 Å². The highest BCUT2D eigenvalue weighted by Crippen LogP contribution is 2.15. The molecule has 3 nitrogen and oxygen atoms in total. The molecule has 74 valence electrons. The fourth-order valence-corrected chi connectivity index (χ4v) is 0.537. The van der Waals surface area contributed by atoms with Crippen LogP contribution in [0.1, 0.15) is 20.8 Å². The highest BCUT2D eigenvalue weighted by atomic mass is 16.5. The molecule has 0 saturated carbocycles. The van der Waals surface area contributed by atoms with E-state index in [4.69, 9.17) is 0 Å². The van der Waals surface area contributed by atoms with E-state index in [1.54, 1.807) is 20.8 Å². The number of hydrogen-bond donors (Lipinski definition) is 1. The Morgan fingerprint density at radius 1 is 1.38 bits per heavy atom. The molecule has 0 aliphatic rings. The summed E-state index contributed by atoms with van der Waals surface area (Å²) in [4.78, 5) is 11.3. The van der Waals surface area contributed by atoms with Crippen LogP contribution < -0.4 is 0 Å². The number of methoxy groups -OCH3 is 1. The second-order valence-electron chi connectivity index (χ2n) is 3.72. The topological polar surface area (TPSA) is 46.5 Å². The van der Waals surface area contributed by atoms with Gasteiger partial charge in [-0.2, -0.15) is 0 Å². The first-order valence-electron chi connectivity index (χ1n) is 4.02. The Balaban J connectivity index is 4.40. The molecule has 0 aliphatic carbocycles. The van der Waals surface area contributed by atoms with Gasteiger partial charge in [-0.05, 0) is 0 Å². The van der Waals surface area contributed by atoms with Gasteiger partial charge in [0.15, 0.2) is 5.78 Å². The van der Waals surface area contributed by atoms with Crippen LogP contribution in [0.25, 0.3) is 0 Å². The second-order valence-corrected chi connectivity index (χ2v) is 3.72. The predicted molar refractivity (Wildman–Crippen MR) is 51.3 cm³/mol. The van der Waals surface area contributed by atoms with Crippen molar-refractivity contribution in [2.24, 2.45) is 5.41 Å². The van der Waals surface area contributed by atoms with Crippen molar-refractivity contribution in [3.05, 3.63) is 24.2 Å². The maximum Gasteiger partial charge on any atom is 0.164 e. The van der Waals surface area contributed by atoms with E-state index < -0.39 is 5.41 Å². The Morgan fingerprint density at radius 3 is 2.31 bits per heavy atom. The summed E-state index contributed by atoms with van der Waals surface area (Å²) < 4.78 is 4.59. The molecule has 3 heteroatoms. The normalized spacial score (nSPS) is 13.4. The second kappa shape index (κ2) is 4.70. The van der Waals surface area contributed by atoms with Gasteiger partial charge in [-0.15, -0.1) is 0 Å². The molecule has 0 unspecified atom stereocenters. The number of allylic oxidation sites excluding steroid dienone is 2. The van der Waals surface area contributed by atoms with Crippen molar-refractivity contribution in [1.82, 2.24) is 0 Å². The number of hydrogen-bond acceptors (Lipinski definition) is 3. The van der Waals surface area contributed by atoms with Crippen LogP contribution in [-0.4, -0.2) is 18.0 Å². The Labute approximate surface area is 78.7 Å². The minimum atomic E-state index is -0.463. The largest absolute Gasteiger partial charge is 0.508 e. The third-order valence-electron chi connectivity index (χ3n) is 1.39. The molecule has 0 rings (SSSR count). The number of carbonyl (C=O) groups is 1. The summed E-state index contributed by atoms with van der Waals surface area (Å²) in [6, 6.07) is 0. The Hall–Kier alpha value is -1.25. The first-order valence-corrected chi connectivity index (χ1v) is 4.02. The van der Waals surface area contributed by atoms with Crippen LogP contribution in [0.5, 0.6) is 0 Å². The first kappa shape index (κ1) is 11.8. The maximum atomic E-state index is 11.3. The lowest BCUT2D eigenvalue weighted by Gasteiger charge is -2.12. The van der Waals surface area contributed by atoms with E-state index in [2.05, 4.69) is 4.74 Å². The van der Waals surface area contributed by atoms with Gasteiger partial charge in [0, 0.05) is 17.6 Å². The fourth-order valence-electron chi connectivity index (χ4n) is 0.537. The van der Waals surface area contributed by atoms with Crippen LogP contribution in [0.4, 0.5) is 0 Å². The Morgan fingerprint density at radius 2 is 1.92 bits per heavy atom. The lowest BCUT2D eigenvalue weighted by molar-refractivity contribution is -0.121. The van der Waals surface area contributed by atoms with E-state index in [1.807, 2.05) is 0 Å². The van der Waals surface area contributed by atoms with Crippen molar-refractivity contribution in [3.63, 3.8) is 0 Å². The van der Waals surface area contributed by atoms with Crippen molar-refractivity contribution in [3.8, 4) is 0 Å². The summed E-state index contributed by atoms with van der Waals surface area (Å²) in [6.07, 6.45) is 3.82. The van der Waals surface area contributed by atoms with Gasteiger partial charge >= 0.3 is 0 Å². The highest BCUT2D eigenvalue weighted by molar-refractivity contribution is 5.94. The Bertz CT molecular complexity index is 231. The molecule has 0 amide bonds. The molecule has 0 spiro atoms. The van der Waals surface area contributed by atoms with Crippen molar-refractivity contribution in [2.75, 3.05) is 7.11 Å². The maximum absolute atomic E-state index is 11.3. The lowest BCUT2D eigenvalue weighted by atomic mass is 9.90. The highest BCUT2D eigenvalue weighted by Gasteiger charge is 2.18. The van der Waals surface area contributed by atoms with Gasteiger partial charge in [0.25, 0.3) is 0 Å². The van der Waals surface area contributed by atoms with E-state index in [9.17, 15) is 9.90 Å². The number of aliphatic hydroxyl groups is 1. The van der Waals surface area contributed by atoms with Crippen molar-refractivity contribution in [1.29, 1.82) is 0 Å². The molecule has 0 aromatic rings. The fraction of sp³-hybridized carbons (Fsp3) is 0.500. The molecule has 1 N–H and O–H groups in total. The van der Waals surface area contributed by atoms with Gasteiger partial charge < -0.3 is 9.84 Å². The molecule has 0 aliphatic heterocycles. The molecule has 0 aromatic carbocycles. The molecule has 0 radical (unpaired) electrons. The van der Waals surface area contributed by atoms with Gasteiger partial charge in [0.1, 0.15) is 5.76 Å². The summed E-state index contributed by atoms with van der Waals surface area (Å²) in [5.74, 6) is -0.215. The van der Waals surface area contributed by atoms with E-state index in [0.717, 1.165) is 0 Å². The minimum Gasteiger partial charge on any atom is -0.508 e. The van der Waals surface area contributed by atoms with Crippen LogP contribution >= 0.6 is 0 Å². The molecule has 0 fully saturated rings. The van der Waals surface area contributed by atoms with Crippen LogP contribution in [-0.2, 0) is 9.53 Å². The van der Waals surface area contributed by atoms with E-state index in [1.165, 1.54) is 25.5 Å². The lowest BCUT2D eigenvalue weighted by Crippen LogP contribution is -2.17. The summed E-state index contributed by atoms with van der Waals surface area (Å²) in [6.45, 7) is 5.37. The molecular weight excluding hydrogens is 168 g/mol. The number of aliphatic hydroxyl groups excluding tert-OH is 1. The van der Waals surface area contributed by atoms with Gasteiger partial charge in [0.2, 0.25) is 0 Å². The zero-order chi connectivity index (χ0) is 10.5. The summed E-state index contributed by atoms with van der Waals surface area (Å²) in [5.41, 5.74) is -0.463. The zero-order valence-electron chi connectivity index (χ0n) is 8.50. The molecule has 0 atom stereocenters. The molecule has 0 heterocycles. The number of ketones is 1. The standard InChI is InChI=1S/C10H16O3/c1-10(2,3)9(12)7-8(11)5-6-13-4/h5-7,11H,1-4H3. The zero-order valence-corrected chi connectivity index (χ0v) is 8.50. The van der Waals surface area contributed by atoms with Crippen LogP contribution in [0.2, 0.25) is 0 Å². The quantitative estimate of drug-likeness (QED) is 0.415. The van der Waals surface area contributed by atoms with Crippen LogP contribution in [0.3, 0.4) is 0 Å². The molecule has 0 saturated heterocycles. The monoisotopic (exact) mass is 184 g/mol. The van der Waals surface area contributed by atoms with E-state index >= 15 is 0 Å². The first-order chi connectivity index (χ1) is 5.88. The van der Waals surface area contributed by atoms with E-state index in [-0.39, 0.29) is 11.5 Å². The summed E-state index contributed by atoms with van der Waals surface area (Å²) in [7, 11) is 1.47. The third-order valence-corrected chi connectivity index (χ3v) is 1.39. The minimum absolute atomic E-state index is 0.0956. The number of rotatable bonds is 3. The SMILES string of the molecule is COC=CC(O)=CC(=O)C(C)(C)C. The number of ether oxygens (including phenoxy) is 1. The molecule has 0 bridgehead atoms. The van der Waals surface area contributed by atoms with Gasteiger partial charge in [-0.1, -0.05) is 20.8 Å². The van der Waals surface area contributed by atoms with Gasteiger partial charge in [0.05, 0.1) is 13.4 Å². The molecular formula is C10H16O3. The van der Waals surface area contributed by atoms with E-state index in [0.29, 0.717) is 0 Å². The van der Waals surface area contributed by atoms with Crippen molar-refractivity contribution >= 4 is 5.78 Å². The smallest absolute Gasteiger partial charge is 0.164 e. The average Bonchev–Trinajstić information content (AvgIpc) is 1.99. The van der Waals surface area contributed by atoms with Crippen molar-refractivity contribution < 1.29 is 14.6 Å². The van der Waals surface area contributed by atoms with Gasteiger partial charge in [-0.25, -0.2) is 0 Å². The van der Waals surface area contributed by atoms with Crippen LogP contribution in [0, 0.1) is 5.41 Å². The van der Waals surface area contributed by atoms with Crippen molar-refractivity contribution in [2.45, 2.75) is 20.8 Å². The molecule has 13 heavy (non-hydrogen) atoms. The number of carbonyl (C=O) groups excluding carboxylic acids is 1. The third kappa shape index (κ3) is 5.06. The Kier molecular flexibility index (Phi) is 4.25. The molecule has 0 aromatic heterocycles. The predicted octanol–water partition coefficient (Wildman–Crippen LogP) is 2.20. The van der Waals surface area contributed by atoms with Crippen LogP contribution in [0.15, 0.2) is 24.2 Å².